The number of rotatable bonds is 6. The van der Waals surface area contributed by atoms with E-state index in [1.54, 1.807) is 6.33 Å². The lowest BCUT2D eigenvalue weighted by molar-refractivity contribution is 0.648. The lowest BCUT2D eigenvalue weighted by atomic mass is 10.2. The van der Waals surface area contributed by atoms with Crippen LogP contribution in [0, 0.1) is 0 Å². The molecule has 2 aromatic rings. The first-order chi connectivity index (χ1) is 8.36. The van der Waals surface area contributed by atoms with Gasteiger partial charge in [0.15, 0.2) is 0 Å². The Labute approximate surface area is 101 Å². The van der Waals surface area contributed by atoms with Crippen LogP contribution in [0.3, 0.4) is 0 Å². The van der Waals surface area contributed by atoms with Gasteiger partial charge in [0.05, 0.1) is 0 Å². The fraction of sp³-hybridized carbons (Fsp3) is 0.417. The minimum atomic E-state index is 0.902. The molecule has 0 fully saturated rings. The van der Waals surface area contributed by atoms with Crippen molar-refractivity contribution in [3.05, 3.63) is 42.2 Å². The van der Waals surface area contributed by atoms with Gasteiger partial charge < -0.3 is 9.88 Å². The van der Waals surface area contributed by atoms with Crippen LogP contribution in [0.4, 0.5) is 0 Å². The van der Waals surface area contributed by atoms with Crippen molar-refractivity contribution in [3.8, 4) is 0 Å². The van der Waals surface area contributed by atoms with Crippen LogP contribution in [-0.2, 0) is 19.9 Å². The summed E-state index contributed by atoms with van der Waals surface area (Å²) in [6, 6.07) is 6.00. The van der Waals surface area contributed by atoms with Gasteiger partial charge in [0.2, 0.25) is 0 Å². The van der Waals surface area contributed by atoms with Gasteiger partial charge in [0.1, 0.15) is 12.2 Å². The molecular weight excluding hydrogens is 214 g/mol. The van der Waals surface area contributed by atoms with Crippen LogP contribution in [0.25, 0.3) is 0 Å². The predicted molar refractivity (Wildman–Crippen MR) is 65.5 cm³/mol. The highest BCUT2D eigenvalue weighted by Crippen LogP contribution is 1.94. The van der Waals surface area contributed by atoms with Crippen molar-refractivity contribution in [3.63, 3.8) is 0 Å². The molecule has 0 aliphatic rings. The van der Waals surface area contributed by atoms with Gasteiger partial charge in [-0.1, -0.05) is 6.07 Å². The first-order valence-electron chi connectivity index (χ1n) is 5.80. The fourth-order valence-corrected chi connectivity index (χ4v) is 1.62. The molecule has 0 aliphatic carbocycles. The van der Waals surface area contributed by atoms with Crippen molar-refractivity contribution < 1.29 is 0 Å². The number of aromatic nitrogens is 4. The van der Waals surface area contributed by atoms with E-state index >= 15 is 0 Å². The van der Waals surface area contributed by atoms with Gasteiger partial charge in [-0.05, 0) is 12.1 Å². The molecule has 2 heterocycles. The van der Waals surface area contributed by atoms with Gasteiger partial charge in [0, 0.05) is 44.9 Å². The molecule has 0 radical (unpaired) electrons. The quantitative estimate of drug-likeness (QED) is 0.739. The molecule has 0 aromatic carbocycles. The molecule has 0 saturated heterocycles. The highest BCUT2D eigenvalue weighted by molar-refractivity contribution is 5.03. The Balaban J connectivity index is 1.63. The van der Waals surface area contributed by atoms with E-state index in [1.807, 2.05) is 36.0 Å². The normalized spacial score (nSPS) is 10.6. The summed E-state index contributed by atoms with van der Waals surface area (Å²) in [7, 11) is 1.96. The van der Waals surface area contributed by atoms with Crippen LogP contribution in [0.2, 0.25) is 0 Å². The van der Waals surface area contributed by atoms with E-state index in [1.165, 1.54) is 0 Å². The van der Waals surface area contributed by atoms with Gasteiger partial charge in [-0.3, -0.25) is 4.98 Å². The SMILES string of the molecule is Cn1cnnc1CCNCCc1ccccn1. The predicted octanol–water partition coefficient (Wildman–Crippen LogP) is 0.585. The van der Waals surface area contributed by atoms with Gasteiger partial charge in [-0.25, -0.2) is 0 Å². The third kappa shape index (κ3) is 3.64. The van der Waals surface area contributed by atoms with Crippen LogP contribution >= 0.6 is 0 Å². The van der Waals surface area contributed by atoms with Gasteiger partial charge in [-0.2, -0.15) is 0 Å². The Morgan fingerprint density at radius 3 is 2.82 bits per heavy atom. The van der Waals surface area contributed by atoms with Crippen molar-refractivity contribution in [1.29, 1.82) is 0 Å². The number of nitrogens with one attached hydrogen (secondary N) is 1. The molecule has 17 heavy (non-hydrogen) atoms. The summed E-state index contributed by atoms with van der Waals surface area (Å²) in [4.78, 5) is 4.27. The molecule has 2 rings (SSSR count). The lowest BCUT2D eigenvalue weighted by Crippen LogP contribution is -2.21. The summed E-state index contributed by atoms with van der Waals surface area (Å²) < 4.78 is 1.94. The molecule has 1 N–H and O–H groups in total. The largest absolute Gasteiger partial charge is 0.321 e. The minimum Gasteiger partial charge on any atom is -0.321 e. The summed E-state index contributed by atoms with van der Waals surface area (Å²) in [5, 5.41) is 11.3. The zero-order chi connectivity index (χ0) is 11.9. The van der Waals surface area contributed by atoms with Gasteiger partial charge >= 0.3 is 0 Å². The molecule has 5 nitrogen and oxygen atoms in total. The van der Waals surface area contributed by atoms with Crippen molar-refractivity contribution >= 4 is 0 Å². The second-order valence-corrected chi connectivity index (χ2v) is 3.93. The molecule has 0 spiro atoms. The van der Waals surface area contributed by atoms with Gasteiger partial charge in [0.25, 0.3) is 0 Å². The van der Waals surface area contributed by atoms with Crippen molar-refractivity contribution in [2.24, 2.45) is 7.05 Å². The number of aryl methyl sites for hydroxylation is 1. The van der Waals surface area contributed by atoms with E-state index in [9.17, 15) is 0 Å². The van der Waals surface area contributed by atoms with Crippen LogP contribution < -0.4 is 5.32 Å². The van der Waals surface area contributed by atoms with E-state index in [0.29, 0.717) is 0 Å². The monoisotopic (exact) mass is 231 g/mol. The van der Waals surface area contributed by atoms with Gasteiger partial charge in [-0.15, -0.1) is 10.2 Å². The van der Waals surface area contributed by atoms with Crippen LogP contribution in [0.15, 0.2) is 30.7 Å². The van der Waals surface area contributed by atoms with Crippen molar-refractivity contribution in [2.45, 2.75) is 12.8 Å². The van der Waals surface area contributed by atoms with Crippen molar-refractivity contribution in [2.75, 3.05) is 13.1 Å². The Hall–Kier alpha value is -1.75. The summed E-state index contributed by atoms with van der Waals surface area (Å²) in [5.41, 5.74) is 1.12. The van der Waals surface area contributed by atoms with Crippen LogP contribution in [-0.4, -0.2) is 32.8 Å². The lowest BCUT2D eigenvalue weighted by Gasteiger charge is -2.04. The Morgan fingerprint density at radius 1 is 1.24 bits per heavy atom. The van der Waals surface area contributed by atoms with E-state index < -0.39 is 0 Å². The Kier molecular flexibility index (Phi) is 4.21. The zero-order valence-electron chi connectivity index (χ0n) is 10.0. The molecule has 0 saturated carbocycles. The Morgan fingerprint density at radius 2 is 2.12 bits per heavy atom. The molecule has 0 bridgehead atoms. The smallest absolute Gasteiger partial charge is 0.133 e. The first-order valence-corrected chi connectivity index (χ1v) is 5.80. The fourth-order valence-electron chi connectivity index (χ4n) is 1.62. The molecular formula is C12H17N5. The van der Waals surface area contributed by atoms with Crippen LogP contribution in [0.1, 0.15) is 11.5 Å². The second kappa shape index (κ2) is 6.10. The van der Waals surface area contributed by atoms with E-state index in [4.69, 9.17) is 0 Å². The number of hydrogen-bond donors (Lipinski definition) is 1. The Bertz CT molecular complexity index is 437. The standard InChI is InChI=1S/C12H17N5/c1-17-10-15-16-12(17)6-9-13-8-5-11-4-2-3-7-14-11/h2-4,7,10,13H,5-6,8-9H2,1H3. The molecule has 2 aromatic heterocycles. The minimum absolute atomic E-state index is 0.902. The maximum absolute atomic E-state index is 4.27. The van der Waals surface area contributed by atoms with E-state index in [0.717, 1.165) is 37.4 Å². The van der Waals surface area contributed by atoms with Crippen molar-refractivity contribution in [1.82, 2.24) is 25.1 Å². The summed E-state index contributed by atoms with van der Waals surface area (Å²) >= 11 is 0. The second-order valence-electron chi connectivity index (χ2n) is 3.93. The molecule has 90 valence electrons. The highest BCUT2D eigenvalue weighted by Gasteiger charge is 1.99. The molecule has 0 amide bonds. The number of pyridine rings is 1. The summed E-state index contributed by atoms with van der Waals surface area (Å²) in [6.45, 7) is 1.86. The molecule has 0 aliphatic heterocycles. The third-order valence-electron chi connectivity index (χ3n) is 2.61. The summed E-state index contributed by atoms with van der Waals surface area (Å²) in [6.07, 6.45) is 5.41. The average molecular weight is 231 g/mol. The number of nitrogens with zero attached hydrogens (tertiary/aromatic N) is 4. The average Bonchev–Trinajstić information content (AvgIpc) is 2.76. The van der Waals surface area contributed by atoms with Crippen LogP contribution in [0.5, 0.6) is 0 Å². The topological polar surface area (TPSA) is 55.6 Å². The third-order valence-corrected chi connectivity index (χ3v) is 2.61. The highest BCUT2D eigenvalue weighted by atomic mass is 15.2. The number of hydrogen-bond acceptors (Lipinski definition) is 4. The maximum atomic E-state index is 4.27. The van der Waals surface area contributed by atoms with E-state index in [-0.39, 0.29) is 0 Å². The molecule has 0 atom stereocenters. The molecule has 5 heteroatoms. The van der Waals surface area contributed by atoms with E-state index in [2.05, 4.69) is 20.5 Å². The first kappa shape index (κ1) is 11.7. The summed E-state index contributed by atoms with van der Waals surface area (Å²) in [5.74, 6) is 1.01. The maximum Gasteiger partial charge on any atom is 0.133 e. The zero-order valence-corrected chi connectivity index (χ0v) is 10.0. The molecule has 0 unspecified atom stereocenters.